The number of oxime groups is 1. The Hall–Kier alpha value is -0.530. The molecule has 0 amide bonds. The Morgan fingerprint density at radius 2 is 2.00 bits per heavy atom. The van der Waals surface area contributed by atoms with Crippen LogP contribution in [0.25, 0.3) is 0 Å². The Balaban J connectivity index is 2.00. The second-order valence-corrected chi connectivity index (χ2v) is 3.33. The smallest absolute Gasteiger partial charge is 0.142 e. The topological polar surface area (TPSA) is 21.6 Å². The van der Waals surface area contributed by atoms with E-state index in [0.29, 0.717) is 0 Å². The van der Waals surface area contributed by atoms with Gasteiger partial charge in [0, 0.05) is 12.6 Å². The third-order valence-electron chi connectivity index (χ3n) is 2.55. The van der Waals surface area contributed by atoms with Crippen LogP contribution < -0.4 is 0 Å². The fourth-order valence-electron chi connectivity index (χ4n) is 1.88. The number of hydrogen-bond acceptors (Lipinski definition) is 2. The highest BCUT2D eigenvalue weighted by Crippen LogP contribution is 2.36. The fraction of sp³-hybridized carbons (Fsp3) is 0.875. The molecule has 1 aliphatic heterocycles. The van der Waals surface area contributed by atoms with Gasteiger partial charge in [-0.05, 0) is 25.7 Å². The first-order chi connectivity index (χ1) is 4.91. The predicted octanol–water partition coefficient (Wildman–Crippen LogP) is 2.10. The van der Waals surface area contributed by atoms with Gasteiger partial charge in [-0.1, -0.05) is 11.6 Å². The molecule has 2 nitrogen and oxygen atoms in total. The van der Waals surface area contributed by atoms with Crippen molar-refractivity contribution in [2.75, 3.05) is 0 Å². The lowest BCUT2D eigenvalue weighted by atomic mass is 9.83. The van der Waals surface area contributed by atoms with Crippen molar-refractivity contribution in [3.63, 3.8) is 0 Å². The number of nitrogens with zero attached hydrogens (tertiary/aromatic N) is 1. The third kappa shape index (κ3) is 0.917. The summed E-state index contributed by atoms with van der Waals surface area (Å²) < 4.78 is 0. The average Bonchev–Trinajstić information content (AvgIpc) is 2.39. The van der Waals surface area contributed by atoms with Crippen LogP contribution in [0.3, 0.4) is 0 Å². The van der Waals surface area contributed by atoms with Crippen molar-refractivity contribution in [3.8, 4) is 0 Å². The zero-order valence-corrected chi connectivity index (χ0v) is 6.18. The summed E-state index contributed by atoms with van der Waals surface area (Å²) in [6.07, 6.45) is 9.41. The molecule has 0 aromatic carbocycles. The minimum absolute atomic E-state index is 0.151. The van der Waals surface area contributed by atoms with Crippen molar-refractivity contribution >= 4 is 6.21 Å². The molecule has 0 N–H and O–H groups in total. The number of hydrogen-bond donors (Lipinski definition) is 0. The van der Waals surface area contributed by atoms with Crippen molar-refractivity contribution in [1.82, 2.24) is 0 Å². The van der Waals surface area contributed by atoms with Crippen molar-refractivity contribution in [2.45, 2.75) is 44.1 Å². The molecule has 0 aromatic rings. The van der Waals surface area contributed by atoms with Gasteiger partial charge >= 0.3 is 0 Å². The Bertz CT molecular complexity index is 137. The molecule has 0 bridgehead atoms. The second-order valence-electron chi connectivity index (χ2n) is 3.33. The van der Waals surface area contributed by atoms with Crippen molar-refractivity contribution in [1.29, 1.82) is 0 Å². The molecule has 0 unspecified atom stereocenters. The highest BCUT2D eigenvalue weighted by molar-refractivity contribution is 5.59. The van der Waals surface area contributed by atoms with Gasteiger partial charge in [0.2, 0.25) is 0 Å². The lowest BCUT2D eigenvalue weighted by Crippen LogP contribution is -2.30. The summed E-state index contributed by atoms with van der Waals surface area (Å²) in [5.74, 6) is 0. The molecule has 1 heterocycles. The molecule has 56 valence electrons. The highest BCUT2D eigenvalue weighted by Gasteiger charge is 2.36. The standard InChI is InChI=1S/C8H13NO/c1-2-4-8(5-3-1)6-7-9-10-8/h7H,1-6H2. The van der Waals surface area contributed by atoms with Gasteiger partial charge in [-0.2, -0.15) is 0 Å². The van der Waals surface area contributed by atoms with Crippen LogP contribution in [0.2, 0.25) is 0 Å². The Morgan fingerprint density at radius 1 is 1.20 bits per heavy atom. The van der Waals surface area contributed by atoms with Gasteiger partial charge in [0.25, 0.3) is 0 Å². The van der Waals surface area contributed by atoms with E-state index in [1.54, 1.807) is 0 Å². The Labute approximate surface area is 61.2 Å². The molecule has 0 aromatic heterocycles. The molecule has 1 aliphatic carbocycles. The zero-order chi connectivity index (χ0) is 6.86. The summed E-state index contributed by atoms with van der Waals surface area (Å²) >= 11 is 0. The zero-order valence-electron chi connectivity index (χ0n) is 6.18. The first kappa shape index (κ1) is 6.20. The van der Waals surface area contributed by atoms with Crippen LogP contribution in [-0.4, -0.2) is 11.8 Å². The molecule has 0 saturated heterocycles. The second kappa shape index (κ2) is 2.26. The molecule has 1 spiro atoms. The third-order valence-corrected chi connectivity index (χ3v) is 2.55. The van der Waals surface area contributed by atoms with Crippen LogP contribution >= 0.6 is 0 Å². The average molecular weight is 139 g/mol. The predicted molar refractivity (Wildman–Crippen MR) is 40.0 cm³/mol. The van der Waals surface area contributed by atoms with Crippen molar-refractivity contribution < 1.29 is 4.84 Å². The Kier molecular flexibility index (Phi) is 1.40. The molecule has 1 saturated carbocycles. The molecule has 0 radical (unpaired) electrons. The van der Waals surface area contributed by atoms with Crippen LogP contribution in [0.5, 0.6) is 0 Å². The van der Waals surface area contributed by atoms with Gasteiger partial charge in [-0.25, -0.2) is 0 Å². The van der Waals surface area contributed by atoms with Gasteiger partial charge in [0.15, 0.2) is 0 Å². The summed E-state index contributed by atoms with van der Waals surface area (Å²) in [7, 11) is 0. The first-order valence-corrected chi connectivity index (χ1v) is 4.11. The maximum Gasteiger partial charge on any atom is 0.142 e. The fourth-order valence-corrected chi connectivity index (χ4v) is 1.88. The van der Waals surface area contributed by atoms with E-state index in [4.69, 9.17) is 4.84 Å². The van der Waals surface area contributed by atoms with E-state index in [1.807, 2.05) is 6.21 Å². The summed E-state index contributed by atoms with van der Waals surface area (Å²) in [5, 5.41) is 3.84. The van der Waals surface area contributed by atoms with E-state index >= 15 is 0 Å². The van der Waals surface area contributed by atoms with E-state index in [1.165, 1.54) is 32.1 Å². The van der Waals surface area contributed by atoms with Crippen LogP contribution in [0.4, 0.5) is 0 Å². The van der Waals surface area contributed by atoms with Gasteiger partial charge in [-0.3, -0.25) is 0 Å². The maximum absolute atomic E-state index is 5.35. The summed E-state index contributed by atoms with van der Waals surface area (Å²) in [5.41, 5.74) is 0.151. The lowest BCUT2D eigenvalue weighted by Gasteiger charge is -2.29. The molecule has 2 heteroatoms. The van der Waals surface area contributed by atoms with Crippen LogP contribution in [0.1, 0.15) is 38.5 Å². The maximum atomic E-state index is 5.35. The SMILES string of the molecule is C1=NOC2(C1)CCCCC2. The van der Waals surface area contributed by atoms with E-state index in [9.17, 15) is 0 Å². The first-order valence-electron chi connectivity index (χ1n) is 4.11. The molecule has 0 atom stereocenters. The molecular weight excluding hydrogens is 126 g/mol. The molecule has 2 aliphatic rings. The van der Waals surface area contributed by atoms with Crippen LogP contribution in [-0.2, 0) is 4.84 Å². The van der Waals surface area contributed by atoms with E-state index in [0.717, 1.165) is 6.42 Å². The monoisotopic (exact) mass is 139 g/mol. The van der Waals surface area contributed by atoms with Gasteiger partial charge < -0.3 is 4.84 Å². The van der Waals surface area contributed by atoms with E-state index in [2.05, 4.69) is 5.16 Å². The summed E-state index contributed by atoms with van der Waals surface area (Å²) in [6, 6.07) is 0. The lowest BCUT2D eigenvalue weighted by molar-refractivity contribution is -0.0449. The highest BCUT2D eigenvalue weighted by atomic mass is 16.7. The molecule has 10 heavy (non-hydrogen) atoms. The van der Waals surface area contributed by atoms with E-state index in [-0.39, 0.29) is 5.60 Å². The normalized spacial score (nSPS) is 28.8. The van der Waals surface area contributed by atoms with E-state index < -0.39 is 0 Å². The summed E-state index contributed by atoms with van der Waals surface area (Å²) in [4.78, 5) is 5.35. The van der Waals surface area contributed by atoms with Crippen molar-refractivity contribution in [2.24, 2.45) is 5.16 Å². The number of rotatable bonds is 0. The molecular formula is C8H13NO. The molecule has 1 fully saturated rings. The molecule has 2 rings (SSSR count). The quantitative estimate of drug-likeness (QED) is 0.503. The van der Waals surface area contributed by atoms with Gasteiger partial charge in [-0.15, -0.1) is 0 Å². The van der Waals surface area contributed by atoms with Gasteiger partial charge in [0.1, 0.15) is 5.60 Å². The van der Waals surface area contributed by atoms with Crippen LogP contribution in [0.15, 0.2) is 5.16 Å². The summed E-state index contributed by atoms with van der Waals surface area (Å²) in [6.45, 7) is 0. The van der Waals surface area contributed by atoms with Crippen LogP contribution in [0, 0.1) is 0 Å². The minimum Gasteiger partial charge on any atom is -0.389 e. The minimum atomic E-state index is 0.151. The van der Waals surface area contributed by atoms with Crippen molar-refractivity contribution in [3.05, 3.63) is 0 Å². The van der Waals surface area contributed by atoms with Gasteiger partial charge in [0.05, 0.1) is 0 Å². The largest absolute Gasteiger partial charge is 0.389 e. The Morgan fingerprint density at radius 3 is 2.60 bits per heavy atom.